The number of carbonyl (C=O) groups is 3. The van der Waals surface area contributed by atoms with Gasteiger partial charge in [0.15, 0.2) is 18.1 Å². The molecule has 4 aromatic rings. The monoisotopic (exact) mass is 742 g/mol. The van der Waals surface area contributed by atoms with E-state index in [9.17, 15) is 14.4 Å². The number of hydrogen-bond acceptors (Lipinski definition) is 7. The van der Waals surface area contributed by atoms with Crippen LogP contribution in [0.15, 0.2) is 103 Å². The standard InChI is InChI=1S/C30H21Br3N2O6/c1-18-2-12-25(24(33)14-18)39-17-28(36)35-34-16-19-3-13-26(40-29(37)20-4-8-22(31)9-5-20)27(15-19)41-30(38)21-6-10-23(32)11-7-21/h2-16H,17H2,1H3,(H,35,36)/b34-16+. The number of esters is 2. The largest absolute Gasteiger partial charge is 0.483 e. The zero-order valence-corrected chi connectivity index (χ0v) is 26.2. The summed E-state index contributed by atoms with van der Waals surface area (Å²) in [6.07, 6.45) is 1.36. The molecule has 4 rings (SSSR count). The van der Waals surface area contributed by atoms with Crippen LogP contribution >= 0.6 is 47.8 Å². The molecule has 8 nitrogen and oxygen atoms in total. The predicted molar refractivity (Wildman–Crippen MR) is 165 cm³/mol. The van der Waals surface area contributed by atoms with Crippen molar-refractivity contribution in [3.05, 3.63) is 121 Å². The number of rotatable bonds is 9. The van der Waals surface area contributed by atoms with E-state index in [1.165, 1.54) is 18.3 Å². The number of nitrogens with zero attached hydrogens (tertiary/aromatic N) is 1. The molecule has 208 valence electrons. The normalized spacial score (nSPS) is 10.7. The van der Waals surface area contributed by atoms with Gasteiger partial charge in [-0.1, -0.05) is 37.9 Å². The molecule has 0 saturated heterocycles. The highest BCUT2D eigenvalue weighted by atomic mass is 79.9. The zero-order chi connectivity index (χ0) is 29.4. The third-order valence-electron chi connectivity index (χ3n) is 5.38. The molecule has 0 atom stereocenters. The van der Waals surface area contributed by atoms with Crippen molar-refractivity contribution < 1.29 is 28.6 Å². The summed E-state index contributed by atoms with van der Waals surface area (Å²) in [5.74, 6) is -1.21. The molecule has 0 aliphatic rings. The topological polar surface area (TPSA) is 103 Å². The maximum atomic E-state index is 12.8. The SMILES string of the molecule is Cc1ccc(OCC(=O)N/N=C/c2ccc(OC(=O)c3ccc(Br)cc3)c(OC(=O)c3ccc(Br)cc3)c2)c(Br)c1. The van der Waals surface area contributed by atoms with Gasteiger partial charge in [-0.25, -0.2) is 15.0 Å². The van der Waals surface area contributed by atoms with Gasteiger partial charge in [-0.2, -0.15) is 5.10 Å². The number of hydrazone groups is 1. The second-order valence-electron chi connectivity index (χ2n) is 8.51. The molecule has 1 amide bonds. The van der Waals surface area contributed by atoms with E-state index in [1.54, 1.807) is 60.7 Å². The van der Waals surface area contributed by atoms with Crippen LogP contribution in [0, 0.1) is 6.92 Å². The van der Waals surface area contributed by atoms with Crippen molar-refractivity contribution in [2.75, 3.05) is 6.61 Å². The summed E-state index contributed by atoms with van der Waals surface area (Å²) in [6.45, 7) is 1.70. The Hall–Kier alpha value is -3.80. The second-order valence-corrected chi connectivity index (χ2v) is 11.2. The highest BCUT2D eigenvalue weighted by molar-refractivity contribution is 9.11. The Morgan fingerprint density at radius 2 is 1.29 bits per heavy atom. The van der Waals surface area contributed by atoms with Crippen LogP contribution in [0.1, 0.15) is 31.8 Å². The first-order chi connectivity index (χ1) is 19.7. The molecule has 0 saturated carbocycles. The smallest absolute Gasteiger partial charge is 0.343 e. The molecule has 0 heterocycles. The fourth-order valence-electron chi connectivity index (χ4n) is 3.34. The van der Waals surface area contributed by atoms with Gasteiger partial charge in [-0.15, -0.1) is 0 Å². The van der Waals surface area contributed by atoms with Crippen LogP contribution in [-0.4, -0.2) is 30.7 Å². The predicted octanol–water partition coefficient (Wildman–Crippen LogP) is 7.25. The van der Waals surface area contributed by atoms with Crippen molar-refractivity contribution in [1.29, 1.82) is 0 Å². The summed E-state index contributed by atoms with van der Waals surface area (Å²) in [7, 11) is 0. The van der Waals surface area contributed by atoms with Crippen LogP contribution in [0.2, 0.25) is 0 Å². The van der Waals surface area contributed by atoms with Crippen molar-refractivity contribution in [2.45, 2.75) is 6.92 Å². The molecular formula is C30H21Br3N2O6. The maximum absolute atomic E-state index is 12.8. The summed E-state index contributed by atoms with van der Waals surface area (Å²) in [6, 6.07) is 23.3. The minimum absolute atomic E-state index is 0.00814. The quantitative estimate of drug-likeness (QED) is 0.0839. The number of carbonyl (C=O) groups excluding carboxylic acids is 3. The molecule has 0 aliphatic heterocycles. The summed E-state index contributed by atoms with van der Waals surface area (Å²) in [5, 5.41) is 3.95. The molecule has 1 N–H and O–H groups in total. The Bertz CT molecular complexity index is 1610. The Kier molecular flexibility index (Phi) is 10.4. The Balaban J connectivity index is 1.47. The third kappa shape index (κ3) is 8.84. The van der Waals surface area contributed by atoms with Crippen LogP contribution < -0.4 is 19.6 Å². The van der Waals surface area contributed by atoms with Crippen LogP contribution in [0.25, 0.3) is 0 Å². The molecule has 4 aromatic carbocycles. The summed E-state index contributed by atoms with van der Waals surface area (Å²) < 4.78 is 19.0. The van der Waals surface area contributed by atoms with Gasteiger partial charge in [0.2, 0.25) is 0 Å². The van der Waals surface area contributed by atoms with Gasteiger partial charge in [0.25, 0.3) is 5.91 Å². The van der Waals surface area contributed by atoms with E-state index >= 15 is 0 Å². The lowest BCUT2D eigenvalue weighted by atomic mass is 10.2. The summed E-state index contributed by atoms with van der Waals surface area (Å²) >= 11 is 10.1. The molecule has 0 bridgehead atoms. The molecule has 0 radical (unpaired) electrons. The van der Waals surface area contributed by atoms with E-state index in [4.69, 9.17) is 14.2 Å². The molecule has 0 aliphatic carbocycles. The van der Waals surface area contributed by atoms with Gasteiger partial charge in [-0.3, -0.25) is 4.79 Å². The van der Waals surface area contributed by atoms with Gasteiger partial charge >= 0.3 is 11.9 Å². The van der Waals surface area contributed by atoms with E-state index < -0.39 is 17.8 Å². The first-order valence-corrected chi connectivity index (χ1v) is 14.4. The number of nitrogens with one attached hydrogen (secondary N) is 1. The van der Waals surface area contributed by atoms with Gasteiger partial charge in [0.1, 0.15) is 5.75 Å². The molecule has 0 unspecified atom stereocenters. The number of halogens is 3. The van der Waals surface area contributed by atoms with Crippen molar-refractivity contribution in [3.8, 4) is 17.2 Å². The van der Waals surface area contributed by atoms with Crippen molar-refractivity contribution in [1.82, 2.24) is 5.43 Å². The Morgan fingerprint density at radius 1 is 0.732 bits per heavy atom. The highest BCUT2D eigenvalue weighted by Crippen LogP contribution is 2.30. The minimum atomic E-state index is -0.653. The fraction of sp³-hybridized carbons (Fsp3) is 0.0667. The van der Waals surface area contributed by atoms with E-state index in [-0.39, 0.29) is 18.1 Å². The van der Waals surface area contributed by atoms with E-state index in [1.807, 2.05) is 19.1 Å². The molecule has 41 heavy (non-hydrogen) atoms. The Labute approximate surface area is 261 Å². The Morgan fingerprint density at radius 3 is 1.88 bits per heavy atom. The van der Waals surface area contributed by atoms with Gasteiger partial charge < -0.3 is 14.2 Å². The van der Waals surface area contributed by atoms with Gasteiger partial charge in [-0.05, 0) is 113 Å². The van der Waals surface area contributed by atoms with Crippen molar-refractivity contribution in [2.24, 2.45) is 5.10 Å². The van der Waals surface area contributed by atoms with E-state index in [0.717, 1.165) is 19.0 Å². The number of amides is 1. The molecular weight excluding hydrogens is 724 g/mol. The van der Waals surface area contributed by atoms with Crippen LogP contribution in [0.3, 0.4) is 0 Å². The average molecular weight is 745 g/mol. The van der Waals surface area contributed by atoms with Gasteiger partial charge in [0.05, 0.1) is 21.8 Å². The lowest BCUT2D eigenvalue weighted by molar-refractivity contribution is -0.123. The van der Waals surface area contributed by atoms with Gasteiger partial charge in [0, 0.05) is 8.95 Å². The van der Waals surface area contributed by atoms with Crippen molar-refractivity contribution in [3.63, 3.8) is 0 Å². The molecule has 11 heteroatoms. The summed E-state index contributed by atoms with van der Waals surface area (Å²) in [5.41, 5.74) is 4.51. The summed E-state index contributed by atoms with van der Waals surface area (Å²) in [4.78, 5) is 37.8. The number of aryl methyl sites for hydroxylation is 1. The van der Waals surface area contributed by atoms with Crippen molar-refractivity contribution >= 4 is 71.9 Å². The number of ether oxygens (including phenoxy) is 3. The molecule has 0 aromatic heterocycles. The zero-order valence-electron chi connectivity index (χ0n) is 21.4. The lowest BCUT2D eigenvalue weighted by Gasteiger charge is -2.12. The number of benzene rings is 4. The average Bonchev–Trinajstić information content (AvgIpc) is 2.94. The lowest BCUT2D eigenvalue weighted by Crippen LogP contribution is -2.24. The first kappa shape index (κ1) is 30.2. The second kappa shape index (κ2) is 14.2. The molecule has 0 spiro atoms. The fourth-order valence-corrected chi connectivity index (χ4v) is 4.47. The van der Waals surface area contributed by atoms with Crippen LogP contribution in [-0.2, 0) is 4.79 Å². The van der Waals surface area contributed by atoms with Crippen LogP contribution in [0.4, 0.5) is 0 Å². The highest BCUT2D eigenvalue weighted by Gasteiger charge is 2.17. The van der Waals surface area contributed by atoms with Crippen LogP contribution in [0.5, 0.6) is 17.2 Å². The minimum Gasteiger partial charge on any atom is -0.483 e. The first-order valence-electron chi connectivity index (χ1n) is 12.0. The van der Waals surface area contributed by atoms with E-state index in [2.05, 4.69) is 58.3 Å². The molecule has 0 fully saturated rings. The third-order valence-corrected chi connectivity index (χ3v) is 7.06. The maximum Gasteiger partial charge on any atom is 0.343 e. The number of hydrogen-bond donors (Lipinski definition) is 1. The van der Waals surface area contributed by atoms with E-state index in [0.29, 0.717) is 22.4 Å².